The standard InChI is InChI=1S/C15H17NO2.H3O2P/c1-17-13-7-3-11(4-8-13)15(16)12-5-9-14(18-2)10-6-12;1-3-2/h3-10,15H,16H2,1-2H3;3H2,(H,1,2). The van der Waals surface area contributed by atoms with Gasteiger partial charge in [-0.05, 0) is 35.4 Å². The fraction of sp³-hybridized carbons (Fsp3) is 0.200. The van der Waals surface area contributed by atoms with Gasteiger partial charge in [0, 0.05) is 0 Å². The van der Waals surface area contributed by atoms with Gasteiger partial charge in [0.25, 0.3) is 0 Å². The average molecular weight is 309 g/mol. The average Bonchev–Trinajstić information content (AvgIpc) is 2.55. The Morgan fingerprint density at radius 3 is 1.43 bits per heavy atom. The molecular formula is C15H20NO4P. The summed E-state index contributed by atoms with van der Waals surface area (Å²) in [5.41, 5.74) is 8.33. The molecule has 2 aromatic carbocycles. The number of hydrogen-bond donors (Lipinski definition) is 2. The lowest BCUT2D eigenvalue weighted by molar-refractivity contribution is 0.414. The van der Waals surface area contributed by atoms with Gasteiger partial charge in [-0.25, -0.2) is 0 Å². The summed E-state index contributed by atoms with van der Waals surface area (Å²) in [6.45, 7) is 0. The molecule has 0 spiro atoms. The lowest BCUT2D eigenvalue weighted by atomic mass is 9.99. The monoisotopic (exact) mass is 309 g/mol. The molecule has 0 saturated carbocycles. The SMILES string of the molecule is COc1ccc(C(N)c2ccc(OC)cc2)cc1.O=[PH2]O. The zero-order valence-electron chi connectivity index (χ0n) is 12.0. The Labute approximate surface area is 125 Å². The molecule has 0 amide bonds. The summed E-state index contributed by atoms with van der Waals surface area (Å²) in [5, 5.41) is 0. The van der Waals surface area contributed by atoms with Crippen molar-refractivity contribution < 1.29 is 18.9 Å². The summed E-state index contributed by atoms with van der Waals surface area (Å²) >= 11 is 0. The van der Waals surface area contributed by atoms with Gasteiger partial charge < -0.3 is 20.1 Å². The van der Waals surface area contributed by atoms with E-state index in [2.05, 4.69) is 0 Å². The summed E-state index contributed by atoms with van der Waals surface area (Å²) in [4.78, 5) is 7.10. The maximum absolute atomic E-state index is 8.57. The van der Waals surface area contributed by atoms with Crippen molar-refractivity contribution in [3.05, 3.63) is 59.7 Å². The molecule has 6 heteroatoms. The second-order valence-electron chi connectivity index (χ2n) is 4.13. The van der Waals surface area contributed by atoms with E-state index in [0.29, 0.717) is 0 Å². The van der Waals surface area contributed by atoms with Crippen LogP contribution in [0, 0.1) is 0 Å². The number of hydrogen-bond acceptors (Lipinski definition) is 4. The normalized spacial score (nSPS) is 10.3. The Hall–Kier alpha value is -1.81. The van der Waals surface area contributed by atoms with Crippen LogP contribution in [0.1, 0.15) is 17.2 Å². The van der Waals surface area contributed by atoms with Crippen molar-refractivity contribution >= 4 is 8.69 Å². The van der Waals surface area contributed by atoms with Crippen LogP contribution in [0.2, 0.25) is 0 Å². The third-order valence-corrected chi connectivity index (χ3v) is 2.95. The van der Waals surface area contributed by atoms with Crippen LogP contribution in [0.4, 0.5) is 0 Å². The second kappa shape index (κ2) is 9.19. The predicted octanol–water partition coefficient (Wildman–Crippen LogP) is 2.40. The van der Waals surface area contributed by atoms with Crippen LogP contribution in [0.15, 0.2) is 48.5 Å². The minimum Gasteiger partial charge on any atom is -0.497 e. The van der Waals surface area contributed by atoms with E-state index in [9.17, 15) is 0 Å². The first-order chi connectivity index (χ1) is 10.2. The van der Waals surface area contributed by atoms with E-state index in [4.69, 9.17) is 24.7 Å². The molecule has 1 unspecified atom stereocenters. The highest BCUT2D eigenvalue weighted by atomic mass is 31.1. The number of methoxy groups -OCH3 is 2. The Balaban J connectivity index is 0.000000677. The third kappa shape index (κ3) is 5.23. The fourth-order valence-electron chi connectivity index (χ4n) is 1.81. The van der Waals surface area contributed by atoms with Crippen LogP contribution in [0.5, 0.6) is 11.5 Å². The molecule has 0 saturated heterocycles. The van der Waals surface area contributed by atoms with Gasteiger partial charge in [-0.15, -0.1) is 0 Å². The molecule has 0 radical (unpaired) electrons. The highest BCUT2D eigenvalue weighted by Gasteiger charge is 2.08. The van der Waals surface area contributed by atoms with E-state index >= 15 is 0 Å². The van der Waals surface area contributed by atoms with Crippen molar-refractivity contribution in [3.8, 4) is 11.5 Å². The molecule has 0 fully saturated rings. The van der Waals surface area contributed by atoms with Crippen LogP contribution in [-0.2, 0) is 4.57 Å². The Bertz CT molecular complexity index is 495. The molecule has 0 aliphatic rings. The van der Waals surface area contributed by atoms with E-state index in [1.807, 2.05) is 48.5 Å². The van der Waals surface area contributed by atoms with Gasteiger partial charge in [-0.2, -0.15) is 0 Å². The van der Waals surface area contributed by atoms with Crippen LogP contribution in [0.25, 0.3) is 0 Å². The summed E-state index contributed by atoms with van der Waals surface area (Å²) in [5.74, 6) is 1.67. The molecule has 1 atom stereocenters. The van der Waals surface area contributed by atoms with E-state index in [1.54, 1.807) is 14.2 Å². The van der Waals surface area contributed by atoms with Gasteiger partial charge in [-0.1, -0.05) is 24.3 Å². The highest BCUT2D eigenvalue weighted by Crippen LogP contribution is 2.23. The van der Waals surface area contributed by atoms with E-state index in [1.165, 1.54) is 0 Å². The first kappa shape index (κ1) is 17.2. The summed E-state index contributed by atoms with van der Waals surface area (Å²) in [7, 11) is 1.80. The molecular weight excluding hydrogens is 289 g/mol. The molecule has 5 nitrogen and oxygen atoms in total. The van der Waals surface area contributed by atoms with Crippen molar-refractivity contribution in [1.29, 1.82) is 0 Å². The van der Waals surface area contributed by atoms with Crippen molar-refractivity contribution in [3.63, 3.8) is 0 Å². The summed E-state index contributed by atoms with van der Waals surface area (Å²) in [6.07, 6.45) is 0. The highest BCUT2D eigenvalue weighted by molar-refractivity contribution is 7.16. The molecule has 2 rings (SSSR count). The molecule has 0 aliphatic heterocycles. The Morgan fingerprint density at radius 1 is 0.905 bits per heavy atom. The van der Waals surface area contributed by atoms with Crippen molar-refractivity contribution in [2.75, 3.05) is 14.2 Å². The first-order valence-corrected chi connectivity index (χ1v) is 7.26. The number of nitrogens with two attached hydrogens (primary N) is 1. The predicted molar refractivity (Wildman–Crippen MR) is 84.6 cm³/mol. The molecule has 114 valence electrons. The molecule has 0 aliphatic carbocycles. The van der Waals surface area contributed by atoms with Gasteiger partial charge in [0.15, 0.2) is 8.69 Å². The number of benzene rings is 2. The van der Waals surface area contributed by atoms with Crippen LogP contribution >= 0.6 is 8.69 Å². The van der Waals surface area contributed by atoms with E-state index in [0.717, 1.165) is 22.6 Å². The number of ether oxygens (including phenoxy) is 2. The topological polar surface area (TPSA) is 81.8 Å². The number of rotatable bonds is 4. The van der Waals surface area contributed by atoms with Gasteiger partial charge in [-0.3, -0.25) is 4.57 Å². The Morgan fingerprint density at radius 2 is 1.19 bits per heavy atom. The second-order valence-corrected chi connectivity index (χ2v) is 4.34. The maximum atomic E-state index is 8.57. The minimum absolute atomic E-state index is 0.137. The largest absolute Gasteiger partial charge is 0.497 e. The third-order valence-electron chi connectivity index (χ3n) is 2.95. The molecule has 21 heavy (non-hydrogen) atoms. The smallest absolute Gasteiger partial charge is 0.177 e. The molecule has 0 aromatic heterocycles. The summed E-state index contributed by atoms with van der Waals surface area (Å²) < 4.78 is 18.8. The quantitative estimate of drug-likeness (QED) is 0.848. The van der Waals surface area contributed by atoms with Crippen molar-refractivity contribution in [2.24, 2.45) is 5.73 Å². The molecule has 3 N–H and O–H groups in total. The lowest BCUT2D eigenvalue weighted by Crippen LogP contribution is -2.11. The van der Waals surface area contributed by atoms with Gasteiger partial charge in [0.1, 0.15) is 11.5 Å². The van der Waals surface area contributed by atoms with Crippen LogP contribution in [-0.4, -0.2) is 19.1 Å². The van der Waals surface area contributed by atoms with Crippen LogP contribution in [0.3, 0.4) is 0 Å². The van der Waals surface area contributed by atoms with E-state index in [-0.39, 0.29) is 6.04 Å². The van der Waals surface area contributed by atoms with Gasteiger partial charge in [0.2, 0.25) is 0 Å². The summed E-state index contributed by atoms with van der Waals surface area (Å²) in [6, 6.07) is 15.4. The zero-order valence-corrected chi connectivity index (χ0v) is 13.2. The maximum Gasteiger partial charge on any atom is 0.177 e. The molecule has 2 aromatic rings. The van der Waals surface area contributed by atoms with E-state index < -0.39 is 8.69 Å². The minimum atomic E-state index is -1.50. The molecule has 0 heterocycles. The fourth-order valence-corrected chi connectivity index (χ4v) is 1.81. The zero-order chi connectivity index (χ0) is 15.7. The first-order valence-electron chi connectivity index (χ1n) is 6.27. The van der Waals surface area contributed by atoms with Crippen molar-refractivity contribution in [1.82, 2.24) is 0 Å². The lowest BCUT2D eigenvalue weighted by Gasteiger charge is -2.13. The van der Waals surface area contributed by atoms with Crippen LogP contribution < -0.4 is 15.2 Å². The Kier molecular flexibility index (Phi) is 7.54. The van der Waals surface area contributed by atoms with Gasteiger partial charge in [0.05, 0.1) is 20.3 Å². The van der Waals surface area contributed by atoms with Crippen molar-refractivity contribution in [2.45, 2.75) is 6.04 Å². The van der Waals surface area contributed by atoms with Gasteiger partial charge >= 0.3 is 0 Å². The molecule has 0 bridgehead atoms.